The van der Waals surface area contributed by atoms with Crippen LogP contribution in [0.15, 0.2) is 97.2 Å². The highest BCUT2D eigenvalue weighted by Gasteiger charge is 2.19. The Morgan fingerprint density at radius 1 is 0.946 bits per heavy atom. The maximum absolute atomic E-state index is 13.0. The van der Waals surface area contributed by atoms with Gasteiger partial charge in [0.25, 0.3) is 5.91 Å². The normalized spacial score (nSPS) is 11.5. The summed E-state index contributed by atoms with van der Waals surface area (Å²) in [6.07, 6.45) is 1.55. The summed E-state index contributed by atoms with van der Waals surface area (Å²) in [7, 11) is 0. The molecule has 7 nitrogen and oxygen atoms in total. The minimum atomic E-state index is -1.02. The van der Waals surface area contributed by atoms with E-state index in [4.69, 9.17) is 21.7 Å². The first-order valence-corrected chi connectivity index (χ1v) is 12.1. The van der Waals surface area contributed by atoms with Gasteiger partial charge in [-0.25, -0.2) is 0 Å². The zero-order valence-electron chi connectivity index (χ0n) is 19.9. The molecule has 3 aromatic carbocycles. The van der Waals surface area contributed by atoms with E-state index in [1.165, 1.54) is 0 Å². The van der Waals surface area contributed by atoms with E-state index in [2.05, 4.69) is 5.32 Å². The minimum absolute atomic E-state index is 0.258. The van der Waals surface area contributed by atoms with Crippen LogP contribution in [-0.4, -0.2) is 28.2 Å². The number of benzene rings is 3. The Hall–Kier alpha value is -4.36. The van der Waals surface area contributed by atoms with Gasteiger partial charge < -0.3 is 19.7 Å². The monoisotopic (exact) mass is 515 g/mol. The van der Waals surface area contributed by atoms with Gasteiger partial charge in [0.15, 0.2) is 0 Å². The summed E-state index contributed by atoms with van der Waals surface area (Å²) in [4.78, 5) is 24.6. The molecule has 1 atom stereocenters. The third-order valence-electron chi connectivity index (χ3n) is 5.81. The van der Waals surface area contributed by atoms with Gasteiger partial charge in [0.2, 0.25) is 0 Å². The second kappa shape index (κ2) is 12.1. The quantitative estimate of drug-likeness (QED) is 0.266. The van der Waals surface area contributed by atoms with Crippen molar-refractivity contribution in [2.24, 2.45) is 0 Å². The lowest BCUT2D eigenvalue weighted by atomic mass is 9.98. The summed E-state index contributed by atoms with van der Waals surface area (Å²) >= 11 is 5.97. The van der Waals surface area contributed by atoms with E-state index in [9.17, 15) is 14.7 Å². The number of ether oxygens (including phenoxy) is 1. The number of aromatic nitrogens is 1. The van der Waals surface area contributed by atoms with E-state index < -0.39 is 17.9 Å². The molecule has 0 saturated heterocycles. The number of hydrogen-bond acceptors (Lipinski definition) is 4. The smallest absolute Gasteiger partial charge is 0.305 e. The van der Waals surface area contributed by atoms with Gasteiger partial charge in [-0.2, -0.15) is 0 Å². The lowest BCUT2D eigenvalue weighted by Crippen LogP contribution is -2.30. The number of pyridine rings is 1. The van der Waals surface area contributed by atoms with Crippen molar-refractivity contribution >= 4 is 23.5 Å². The first kappa shape index (κ1) is 25.7. The Bertz CT molecular complexity index is 1430. The number of hydrogen-bond donors (Lipinski definition) is 3. The van der Waals surface area contributed by atoms with E-state index in [0.29, 0.717) is 40.5 Å². The molecule has 188 valence electrons. The average molecular weight is 516 g/mol. The van der Waals surface area contributed by atoms with E-state index in [-0.39, 0.29) is 6.42 Å². The minimum Gasteiger partial charge on any atom is -0.492 e. The number of aliphatic carboxylic acids is 1. The molecule has 4 aromatic rings. The van der Waals surface area contributed by atoms with Crippen LogP contribution in [0.4, 0.5) is 0 Å². The highest BCUT2D eigenvalue weighted by molar-refractivity contribution is 6.30. The zero-order chi connectivity index (χ0) is 26.2. The maximum atomic E-state index is 13.0. The highest BCUT2D eigenvalue weighted by atomic mass is 35.5. The van der Waals surface area contributed by atoms with Gasteiger partial charge in [0.1, 0.15) is 17.8 Å². The number of carbonyl (C=O) groups excluding carboxylic acids is 1. The van der Waals surface area contributed by atoms with Crippen LogP contribution < -0.4 is 15.5 Å². The maximum Gasteiger partial charge on any atom is 0.305 e. The van der Waals surface area contributed by atoms with Crippen LogP contribution in [-0.2, 0) is 11.3 Å². The fraction of sp³-hybridized carbons (Fsp3) is 0.138. The van der Waals surface area contributed by atoms with E-state index in [1.54, 1.807) is 47.2 Å². The number of amides is 1. The summed E-state index contributed by atoms with van der Waals surface area (Å²) in [6.45, 7) is 0.816. The Balaban J connectivity index is 1.43. The van der Waals surface area contributed by atoms with Crippen LogP contribution in [0.5, 0.6) is 5.75 Å². The summed E-state index contributed by atoms with van der Waals surface area (Å²) in [5, 5.41) is 20.8. The molecule has 37 heavy (non-hydrogen) atoms. The van der Waals surface area contributed by atoms with Crippen LogP contribution in [0.2, 0.25) is 5.02 Å². The Labute approximate surface area is 219 Å². The van der Waals surface area contributed by atoms with Gasteiger partial charge in [-0.3, -0.25) is 15.0 Å². The third-order valence-corrected chi connectivity index (χ3v) is 6.06. The van der Waals surface area contributed by atoms with Gasteiger partial charge in [0, 0.05) is 16.8 Å². The molecule has 1 unspecified atom stereocenters. The number of carbonyl (C=O) groups is 2. The van der Waals surface area contributed by atoms with Crippen LogP contribution in [0.25, 0.3) is 11.1 Å². The van der Waals surface area contributed by atoms with Crippen LogP contribution in [0.3, 0.4) is 0 Å². The Kier molecular flexibility index (Phi) is 8.38. The molecule has 0 aliphatic heterocycles. The van der Waals surface area contributed by atoms with Gasteiger partial charge in [-0.1, -0.05) is 60.1 Å². The van der Waals surface area contributed by atoms with E-state index in [1.807, 2.05) is 54.6 Å². The van der Waals surface area contributed by atoms with Gasteiger partial charge in [-0.05, 0) is 59.2 Å². The van der Waals surface area contributed by atoms with Gasteiger partial charge in [0.05, 0.1) is 19.0 Å². The largest absolute Gasteiger partial charge is 0.492 e. The molecule has 8 heteroatoms. The number of carboxylic acids is 1. The third kappa shape index (κ3) is 7.08. The predicted molar refractivity (Wildman–Crippen MR) is 142 cm³/mol. The van der Waals surface area contributed by atoms with Crippen molar-refractivity contribution in [3.8, 4) is 16.9 Å². The standard InChI is InChI=1S/C29H26ClN3O4/c30-24-13-11-21(12-14-24)20-7-9-22(10-8-20)26(19-28(34)35)32-29(36)23-4-3-5-25(18-23)37-17-16-33-15-2-1-6-27(33)31/h1-15,18,26,31H,16-17,19H2,(H,32,36)(H,34,35). The average Bonchev–Trinajstić information content (AvgIpc) is 2.90. The second-order valence-electron chi connectivity index (χ2n) is 8.41. The van der Waals surface area contributed by atoms with Crippen molar-refractivity contribution in [1.29, 1.82) is 5.41 Å². The molecular weight excluding hydrogens is 490 g/mol. The van der Waals surface area contributed by atoms with Crippen molar-refractivity contribution in [3.05, 3.63) is 119 Å². The SMILES string of the molecule is N=c1ccccn1CCOc1cccc(C(=O)NC(CC(=O)O)c2ccc(-c3ccc(Cl)cc3)cc2)c1. The van der Waals surface area contributed by atoms with Crippen molar-refractivity contribution in [2.45, 2.75) is 19.0 Å². The van der Waals surface area contributed by atoms with E-state index >= 15 is 0 Å². The molecule has 1 heterocycles. The fourth-order valence-electron chi connectivity index (χ4n) is 3.88. The number of rotatable bonds is 10. The number of nitrogens with one attached hydrogen (secondary N) is 2. The van der Waals surface area contributed by atoms with Crippen LogP contribution in [0.1, 0.15) is 28.4 Å². The fourth-order valence-corrected chi connectivity index (χ4v) is 4.00. The summed E-state index contributed by atoms with van der Waals surface area (Å²) in [5.74, 6) is -0.904. The summed E-state index contributed by atoms with van der Waals surface area (Å²) in [6, 6.07) is 26.2. The van der Waals surface area contributed by atoms with Crippen LogP contribution in [0, 0.1) is 5.41 Å². The lowest BCUT2D eigenvalue weighted by molar-refractivity contribution is -0.137. The van der Waals surface area contributed by atoms with Gasteiger partial charge >= 0.3 is 5.97 Å². The second-order valence-corrected chi connectivity index (χ2v) is 8.84. The molecule has 4 rings (SSSR count). The molecule has 0 bridgehead atoms. The molecule has 0 radical (unpaired) electrons. The van der Waals surface area contributed by atoms with Crippen molar-refractivity contribution in [2.75, 3.05) is 6.61 Å². The first-order valence-electron chi connectivity index (χ1n) is 11.7. The molecule has 0 spiro atoms. The van der Waals surface area contributed by atoms with Crippen molar-refractivity contribution in [3.63, 3.8) is 0 Å². The molecule has 0 fully saturated rings. The number of halogens is 1. The number of nitrogens with zero attached hydrogens (tertiary/aromatic N) is 1. The Morgan fingerprint density at radius 2 is 1.65 bits per heavy atom. The van der Waals surface area contributed by atoms with Crippen molar-refractivity contribution < 1.29 is 19.4 Å². The summed E-state index contributed by atoms with van der Waals surface area (Å²) < 4.78 is 7.54. The highest BCUT2D eigenvalue weighted by Crippen LogP contribution is 2.25. The number of carboxylic acid groups (broad SMARTS) is 1. The van der Waals surface area contributed by atoms with E-state index in [0.717, 1.165) is 11.1 Å². The molecule has 1 aromatic heterocycles. The lowest BCUT2D eigenvalue weighted by Gasteiger charge is -2.18. The van der Waals surface area contributed by atoms with Crippen LogP contribution >= 0.6 is 11.6 Å². The molecule has 1 amide bonds. The predicted octanol–water partition coefficient (Wildman–Crippen LogP) is 5.31. The molecule has 3 N–H and O–H groups in total. The topological polar surface area (TPSA) is 104 Å². The molecule has 0 aliphatic carbocycles. The van der Waals surface area contributed by atoms with Gasteiger partial charge in [-0.15, -0.1) is 0 Å². The first-order chi connectivity index (χ1) is 17.9. The molecule has 0 aliphatic rings. The summed E-state index contributed by atoms with van der Waals surface area (Å²) in [5.41, 5.74) is 3.36. The zero-order valence-corrected chi connectivity index (χ0v) is 20.7. The molecule has 0 saturated carbocycles. The van der Waals surface area contributed by atoms with Crippen molar-refractivity contribution in [1.82, 2.24) is 9.88 Å². The molecular formula is C29H26ClN3O4. The Morgan fingerprint density at radius 3 is 2.32 bits per heavy atom.